The van der Waals surface area contributed by atoms with Gasteiger partial charge >= 0.3 is 0 Å². The van der Waals surface area contributed by atoms with Crippen LogP contribution in [0.25, 0.3) is 0 Å². The molecule has 2 aromatic carbocycles. The summed E-state index contributed by atoms with van der Waals surface area (Å²) in [6, 6.07) is 9.77. The van der Waals surface area contributed by atoms with Gasteiger partial charge in [-0.25, -0.2) is 8.78 Å². The molecule has 0 aliphatic carbocycles. The fourth-order valence-corrected chi connectivity index (χ4v) is 1.89. The molecule has 98 valence electrons. The highest BCUT2D eigenvalue weighted by molar-refractivity contribution is 5.98. The maximum Gasteiger partial charge on any atom is 0.173 e. The molecule has 0 aromatic heterocycles. The maximum absolute atomic E-state index is 13.8. The van der Waals surface area contributed by atoms with Crippen molar-refractivity contribution in [2.24, 2.45) is 0 Å². The zero-order chi connectivity index (χ0) is 14.0. The van der Waals surface area contributed by atoms with Gasteiger partial charge in [0.05, 0.1) is 5.56 Å². The molecule has 0 N–H and O–H groups in total. The molecule has 0 amide bonds. The lowest BCUT2D eigenvalue weighted by Gasteiger charge is -2.07. The van der Waals surface area contributed by atoms with Crippen LogP contribution in [0.3, 0.4) is 0 Å². The van der Waals surface area contributed by atoms with Gasteiger partial charge in [-0.2, -0.15) is 0 Å². The van der Waals surface area contributed by atoms with E-state index in [0.717, 1.165) is 17.2 Å². The molecule has 0 heterocycles. The molecule has 0 atom stereocenters. The number of carbonyl (C=O) groups is 1. The monoisotopic (exact) mass is 260 g/mol. The predicted octanol–water partition coefficient (Wildman–Crippen LogP) is 4.01. The van der Waals surface area contributed by atoms with E-state index in [1.54, 1.807) is 12.1 Å². The van der Waals surface area contributed by atoms with Gasteiger partial charge in [-0.1, -0.05) is 35.9 Å². The molecule has 0 saturated carbocycles. The second-order valence-corrected chi connectivity index (χ2v) is 4.64. The largest absolute Gasteiger partial charge is 0.294 e. The second-order valence-electron chi connectivity index (χ2n) is 4.64. The Labute approximate surface area is 110 Å². The smallest absolute Gasteiger partial charge is 0.173 e. The van der Waals surface area contributed by atoms with Crippen LogP contribution in [0.2, 0.25) is 0 Å². The lowest BCUT2D eigenvalue weighted by Crippen LogP contribution is -2.10. The highest BCUT2D eigenvalue weighted by Crippen LogP contribution is 2.18. The van der Waals surface area contributed by atoms with Gasteiger partial charge in [-0.15, -0.1) is 0 Å². The zero-order valence-electron chi connectivity index (χ0n) is 10.8. The van der Waals surface area contributed by atoms with Crippen molar-refractivity contribution in [3.05, 3.63) is 70.3 Å². The van der Waals surface area contributed by atoms with E-state index in [-0.39, 0.29) is 12.0 Å². The molecule has 0 radical (unpaired) electrons. The van der Waals surface area contributed by atoms with Gasteiger partial charge in [0, 0.05) is 6.42 Å². The summed E-state index contributed by atoms with van der Waals surface area (Å²) < 4.78 is 27.4. The summed E-state index contributed by atoms with van der Waals surface area (Å²) in [4.78, 5) is 12.0. The van der Waals surface area contributed by atoms with Crippen LogP contribution < -0.4 is 0 Å². The number of hydrogen-bond donors (Lipinski definition) is 0. The summed E-state index contributed by atoms with van der Waals surface area (Å²) in [7, 11) is 0. The lowest BCUT2D eigenvalue weighted by molar-refractivity contribution is 0.0984. The van der Waals surface area contributed by atoms with Crippen LogP contribution in [-0.4, -0.2) is 5.78 Å². The Hall–Kier alpha value is -2.03. The Balaban J connectivity index is 2.30. The third kappa shape index (κ3) is 2.87. The maximum atomic E-state index is 13.8. The van der Waals surface area contributed by atoms with Gasteiger partial charge in [0.15, 0.2) is 5.78 Å². The number of halogens is 2. The molecular weight excluding hydrogens is 246 g/mol. The number of aryl methyl sites for hydroxylation is 2. The standard InChI is InChI=1S/C16H14F2O/c1-10-3-6-12(7-4-10)9-14(19)15-13(17)8-5-11(2)16(15)18/h3-8H,9H2,1-2H3. The van der Waals surface area contributed by atoms with Crippen LogP contribution in [0.4, 0.5) is 8.78 Å². The van der Waals surface area contributed by atoms with Crippen molar-refractivity contribution in [3.8, 4) is 0 Å². The molecule has 0 saturated heterocycles. The van der Waals surface area contributed by atoms with Crippen molar-refractivity contribution < 1.29 is 13.6 Å². The Bertz CT molecular complexity index is 615. The number of hydrogen-bond acceptors (Lipinski definition) is 1. The van der Waals surface area contributed by atoms with Gasteiger partial charge in [0.1, 0.15) is 11.6 Å². The molecule has 0 aliphatic heterocycles. The molecule has 0 unspecified atom stereocenters. The summed E-state index contributed by atoms with van der Waals surface area (Å²) in [6.07, 6.45) is -0.00241. The molecule has 0 bridgehead atoms. The van der Waals surface area contributed by atoms with E-state index < -0.39 is 23.0 Å². The molecule has 0 spiro atoms. The number of Topliss-reactive ketones (excluding diaryl/α,β-unsaturated/α-hetero) is 1. The van der Waals surface area contributed by atoms with Crippen LogP contribution >= 0.6 is 0 Å². The van der Waals surface area contributed by atoms with E-state index in [2.05, 4.69) is 0 Å². The Morgan fingerprint density at radius 1 is 1.00 bits per heavy atom. The number of benzene rings is 2. The lowest BCUT2D eigenvalue weighted by atomic mass is 9.99. The number of ketones is 1. The minimum Gasteiger partial charge on any atom is -0.294 e. The van der Waals surface area contributed by atoms with Crippen molar-refractivity contribution in [3.63, 3.8) is 0 Å². The second kappa shape index (κ2) is 5.31. The van der Waals surface area contributed by atoms with E-state index in [1.807, 2.05) is 19.1 Å². The molecule has 19 heavy (non-hydrogen) atoms. The Kier molecular flexibility index (Phi) is 3.74. The normalized spacial score (nSPS) is 10.5. The topological polar surface area (TPSA) is 17.1 Å². The molecular formula is C16H14F2O. The van der Waals surface area contributed by atoms with Crippen LogP contribution in [-0.2, 0) is 6.42 Å². The first-order chi connectivity index (χ1) is 8.99. The number of carbonyl (C=O) groups excluding carboxylic acids is 1. The Morgan fingerprint density at radius 2 is 1.63 bits per heavy atom. The van der Waals surface area contributed by atoms with Crippen molar-refractivity contribution in [1.82, 2.24) is 0 Å². The summed E-state index contributed by atoms with van der Waals surface area (Å²) >= 11 is 0. The fraction of sp³-hybridized carbons (Fsp3) is 0.188. The molecule has 0 aliphatic rings. The van der Waals surface area contributed by atoms with Crippen LogP contribution in [0, 0.1) is 25.5 Å². The summed E-state index contributed by atoms with van der Waals surface area (Å²) in [5.41, 5.74) is 1.65. The fourth-order valence-electron chi connectivity index (χ4n) is 1.89. The summed E-state index contributed by atoms with van der Waals surface area (Å²) in [5, 5.41) is 0. The van der Waals surface area contributed by atoms with E-state index in [9.17, 15) is 13.6 Å². The van der Waals surface area contributed by atoms with E-state index in [1.165, 1.54) is 13.0 Å². The first-order valence-corrected chi connectivity index (χ1v) is 6.02. The predicted molar refractivity (Wildman–Crippen MR) is 70.3 cm³/mol. The first kappa shape index (κ1) is 13.4. The highest BCUT2D eigenvalue weighted by atomic mass is 19.1. The summed E-state index contributed by atoms with van der Waals surface area (Å²) in [6.45, 7) is 3.45. The zero-order valence-corrected chi connectivity index (χ0v) is 10.8. The molecule has 1 nitrogen and oxygen atoms in total. The number of rotatable bonds is 3. The van der Waals surface area contributed by atoms with Gasteiger partial charge in [-0.05, 0) is 31.0 Å². The molecule has 2 rings (SSSR count). The third-order valence-electron chi connectivity index (χ3n) is 3.05. The third-order valence-corrected chi connectivity index (χ3v) is 3.05. The van der Waals surface area contributed by atoms with Gasteiger partial charge in [-0.3, -0.25) is 4.79 Å². The van der Waals surface area contributed by atoms with Crippen LogP contribution in [0.5, 0.6) is 0 Å². The Morgan fingerprint density at radius 3 is 2.26 bits per heavy atom. The van der Waals surface area contributed by atoms with Crippen LogP contribution in [0.1, 0.15) is 27.0 Å². The molecule has 2 aromatic rings. The minimum atomic E-state index is -0.805. The van der Waals surface area contributed by atoms with Crippen LogP contribution in [0.15, 0.2) is 36.4 Å². The van der Waals surface area contributed by atoms with E-state index in [4.69, 9.17) is 0 Å². The van der Waals surface area contributed by atoms with E-state index >= 15 is 0 Å². The SMILES string of the molecule is Cc1ccc(CC(=O)c2c(F)ccc(C)c2F)cc1. The van der Waals surface area contributed by atoms with Crippen molar-refractivity contribution in [2.45, 2.75) is 20.3 Å². The first-order valence-electron chi connectivity index (χ1n) is 6.02. The average Bonchev–Trinajstić information content (AvgIpc) is 2.37. The molecule has 0 fully saturated rings. The summed E-state index contributed by atoms with van der Waals surface area (Å²) in [5.74, 6) is -2.11. The van der Waals surface area contributed by atoms with Crippen molar-refractivity contribution in [2.75, 3.05) is 0 Å². The average molecular weight is 260 g/mol. The molecule has 3 heteroatoms. The van der Waals surface area contributed by atoms with Crippen molar-refractivity contribution in [1.29, 1.82) is 0 Å². The van der Waals surface area contributed by atoms with Gasteiger partial charge < -0.3 is 0 Å². The van der Waals surface area contributed by atoms with Gasteiger partial charge in [0.2, 0.25) is 0 Å². The van der Waals surface area contributed by atoms with E-state index in [0.29, 0.717) is 0 Å². The van der Waals surface area contributed by atoms with Crippen molar-refractivity contribution >= 4 is 5.78 Å². The minimum absolute atomic E-state index is 0.00241. The quantitative estimate of drug-likeness (QED) is 0.762. The van der Waals surface area contributed by atoms with Gasteiger partial charge in [0.25, 0.3) is 0 Å². The highest BCUT2D eigenvalue weighted by Gasteiger charge is 2.19.